The van der Waals surface area contributed by atoms with Crippen molar-refractivity contribution in [2.75, 3.05) is 0 Å². The maximum atomic E-state index is 13.0. The fourth-order valence-electron chi connectivity index (χ4n) is 1.25. The van der Waals surface area contributed by atoms with Gasteiger partial charge in [-0.3, -0.25) is 0 Å². The SMILES string of the molecule is CCC(C)Oc1ccc(F)cc1[C@@H](C)O. The Morgan fingerprint density at radius 3 is 2.60 bits per heavy atom. The first-order valence-corrected chi connectivity index (χ1v) is 5.18. The highest BCUT2D eigenvalue weighted by Crippen LogP contribution is 2.27. The number of ether oxygens (including phenoxy) is 1. The van der Waals surface area contributed by atoms with E-state index in [0.717, 1.165) is 6.42 Å². The predicted octanol–water partition coefficient (Wildman–Crippen LogP) is 3.06. The molecule has 1 rings (SSSR count). The molecule has 0 saturated carbocycles. The van der Waals surface area contributed by atoms with Gasteiger partial charge in [0.1, 0.15) is 11.6 Å². The first-order chi connectivity index (χ1) is 7.04. The van der Waals surface area contributed by atoms with E-state index in [4.69, 9.17) is 4.74 Å². The van der Waals surface area contributed by atoms with E-state index in [1.54, 1.807) is 13.0 Å². The van der Waals surface area contributed by atoms with Crippen LogP contribution in [0.1, 0.15) is 38.9 Å². The van der Waals surface area contributed by atoms with Gasteiger partial charge in [0.05, 0.1) is 12.2 Å². The second kappa shape index (κ2) is 5.12. The second-order valence-corrected chi connectivity index (χ2v) is 3.69. The van der Waals surface area contributed by atoms with Crippen LogP contribution in [-0.4, -0.2) is 11.2 Å². The molecule has 0 heterocycles. The van der Waals surface area contributed by atoms with Crippen molar-refractivity contribution in [2.45, 2.75) is 39.4 Å². The molecule has 1 aromatic carbocycles. The molecule has 3 heteroatoms. The van der Waals surface area contributed by atoms with Gasteiger partial charge >= 0.3 is 0 Å². The van der Waals surface area contributed by atoms with Crippen molar-refractivity contribution in [1.29, 1.82) is 0 Å². The minimum absolute atomic E-state index is 0.0629. The van der Waals surface area contributed by atoms with Gasteiger partial charge < -0.3 is 9.84 Å². The Morgan fingerprint density at radius 2 is 2.07 bits per heavy atom. The summed E-state index contributed by atoms with van der Waals surface area (Å²) in [7, 11) is 0. The van der Waals surface area contributed by atoms with Crippen molar-refractivity contribution < 1.29 is 14.2 Å². The highest BCUT2D eigenvalue weighted by Gasteiger charge is 2.12. The molecule has 1 N–H and O–H groups in total. The van der Waals surface area contributed by atoms with Crippen LogP contribution in [0.3, 0.4) is 0 Å². The van der Waals surface area contributed by atoms with Crippen LogP contribution in [0.2, 0.25) is 0 Å². The Kier molecular flexibility index (Phi) is 4.09. The quantitative estimate of drug-likeness (QED) is 0.831. The summed E-state index contributed by atoms with van der Waals surface area (Å²) < 4.78 is 18.5. The van der Waals surface area contributed by atoms with Crippen LogP contribution in [0.25, 0.3) is 0 Å². The minimum Gasteiger partial charge on any atom is -0.490 e. The molecule has 0 radical (unpaired) electrons. The highest BCUT2D eigenvalue weighted by atomic mass is 19.1. The molecule has 0 aromatic heterocycles. The van der Waals surface area contributed by atoms with Crippen molar-refractivity contribution in [3.05, 3.63) is 29.6 Å². The van der Waals surface area contributed by atoms with Gasteiger partial charge in [-0.25, -0.2) is 4.39 Å². The first kappa shape index (κ1) is 12.0. The Bertz CT molecular complexity index is 323. The van der Waals surface area contributed by atoms with Gasteiger partial charge in [0.2, 0.25) is 0 Å². The summed E-state index contributed by atoms with van der Waals surface area (Å²) in [6.07, 6.45) is 0.212. The molecule has 1 unspecified atom stereocenters. The molecule has 15 heavy (non-hydrogen) atoms. The minimum atomic E-state index is -0.722. The number of hydrogen-bond acceptors (Lipinski definition) is 2. The molecule has 0 amide bonds. The van der Waals surface area contributed by atoms with Crippen molar-refractivity contribution >= 4 is 0 Å². The number of hydrogen-bond donors (Lipinski definition) is 1. The number of aliphatic hydroxyl groups excluding tert-OH is 1. The summed E-state index contributed by atoms with van der Waals surface area (Å²) in [6.45, 7) is 5.55. The van der Waals surface area contributed by atoms with E-state index in [2.05, 4.69) is 0 Å². The van der Waals surface area contributed by atoms with Crippen LogP contribution in [0, 0.1) is 5.82 Å². The van der Waals surface area contributed by atoms with Gasteiger partial charge in [0.15, 0.2) is 0 Å². The molecule has 0 aliphatic heterocycles. The monoisotopic (exact) mass is 212 g/mol. The highest BCUT2D eigenvalue weighted by molar-refractivity contribution is 5.35. The summed E-state index contributed by atoms with van der Waals surface area (Å²) in [5.74, 6) is 0.197. The van der Waals surface area contributed by atoms with Gasteiger partial charge in [-0.1, -0.05) is 6.92 Å². The summed E-state index contributed by atoms with van der Waals surface area (Å²) in [6, 6.07) is 4.20. The maximum absolute atomic E-state index is 13.0. The van der Waals surface area contributed by atoms with E-state index in [1.165, 1.54) is 12.1 Å². The van der Waals surface area contributed by atoms with Crippen molar-refractivity contribution in [3.63, 3.8) is 0 Å². The fourth-order valence-corrected chi connectivity index (χ4v) is 1.25. The first-order valence-electron chi connectivity index (χ1n) is 5.18. The smallest absolute Gasteiger partial charge is 0.125 e. The van der Waals surface area contributed by atoms with Crippen LogP contribution in [0.4, 0.5) is 4.39 Å². The van der Waals surface area contributed by atoms with Crippen LogP contribution in [0.5, 0.6) is 5.75 Å². The zero-order chi connectivity index (χ0) is 11.4. The largest absolute Gasteiger partial charge is 0.490 e. The lowest BCUT2D eigenvalue weighted by Crippen LogP contribution is -2.12. The third kappa shape index (κ3) is 3.20. The molecule has 2 atom stereocenters. The predicted molar refractivity (Wildman–Crippen MR) is 57.4 cm³/mol. The summed E-state index contributed by atoms with van der Waals surface area (Å²) in [4.78, 5) is 0. The maximum Gasteiger partial charge on any atom is 0.125 e. The molecular weight excluding hydrogens is 195 g/mol. The number of halogens is 1. The lowest BCUT2D eigenvalue weighted by molar-refractivity contribution is 0.176. The zero-order valence-corrected chi connectivity index (χ0v) is 9.33. The van der Waals surface area contributed by atoms with Gasteiger partial charge in [-0.15, -0.1) is 0 Å². The van der Waals surface area contributed by atoms with Crippen molar-refractivity contribution in [1.82, 2.24) is 0 Å². The normalized spacial score (nSPS) is 14.7. The summed E-state index contributed by atoms with van der Waals surface area (Å²) >= 11 is 0. The fraction of sp³-hybridized carbons (Fsp3) is 0.500. The molecule has 0 saturated heterocycles. The molecule has 0 aliphatic carbocycles. The van der Waals surface area contributed by atoms with Gasteiger partial charge in [0, 0.05) is 5.56 Å². The Balaban J connectivity index is 2.95. The lowest BCUT2D eigenvalue weighted by atomic mass is 10.1. The molecule has 0 bridgehead atoms. The van der Waals surface area contributed by atoms with Crippen LogP contribution in [-0.2, 0) is 0 Å². The van der Waals surface area contributed by atoms with Crippen LogP contribution >= 0.6 is 0 Å². The standard InChI is InChI=1S/C12H17FO2/c1-4-8(2)15-12-6-5-10(13)7-11(12)9(3)14/h5-9,14H,4H2,1-3H3/t8?,9-/m1/s1. The molecule has 1 aromatic rings. The molecular formula is C12H17FO2. The molecule has 0 spiro atoms. The Labute approximate surface area is 89.7 Å². The topological polar surface area (TPSA) is 29.5 Å². The summed E-state index contributed by atoms with van der Waals surface area (Å²) in [5, 5.41) is 9.47. The Hall–Kier alpha value is -1.09. The van der Waals surface area contributed by atoms with E-state index in [0.29, 0.717) is 11.3 Å². The summed E-state index contributed by atoms with van der Waals surface area (Å²) in [5.41, 5.74) is 0.496. The van der Waals surface area contributed by atoms with E-state index in [9.17, 15) is 9.50 Å². The molecule has 0 fully saturated rings. The lowest BCUT2D eigenvalue weighted by Gasteiger charge is -2.17. The average molecular weight is 212 g/mol. The Morgan fingerprint density at radius 1 is 1.40 bits per heavy atom. The van der Waals surface area contributed by atoms with Crippen LogP contribution < -0.4 is 4.74 Å². The molecule has 84 valence electrons. The van der Waals surface area contributed by atoms with Crippen molar-refractivity contribution in [3.8, 4) is 5.75 Å². The van der Waals surface area contributed by atoms with E-state index >= 15 is 0 Å². The number of benzene rings is 1. The van der Waals surface area contributed by atoms with Crippen LogP contribution in [0.15, 0.2) is 18.2 Å². The van der Waals surface area contributed by atoms with E-state index in [1.807, 2.05) is 13.8 Å². The average Bonchev–Trinajstić information content (AvgIpc) is 2.20. The zero-order valence-electron chi connectivity index (χ0n) is 9.33. The molecule has 2 nitrogen and oxygen atoms in total. The third-order valence-electron chi connectivity index (χ3n) is 2.32. The van der Waals surface area contributed by atoms with Gasteiger partial charge in [-0.05, 0) is 38.5 Å². The van der Waals surface area contributed by atoms with Gasteiger partial charge in [-0.2, -0.15) is 0 Å². The van der Waals surface area contributed by atoms with Gasteiger partial charge in [0.25, 0.3) is 0 Å². The van der Waals surface area contributed by atoms with E-state index in [-0.39, 0.29) is 11.9 Å². The third-order valence-corrected chi connectivity index (χ3v) is 2.32. The number of aliphatic hydroxyl groups is 1. The number of rotatable bonds is 4. The molecule has 0 aliphatic rings. The second-order valence-electron chi connectivity index (χ2n) is 3.69. The van der Waals surface area contributed by atoms with E-state index < -0.39 is 6.10 Å². The van der Waals surface area contributed by atoms with Crippen molar-refractivity contribution in [2.24, 2.45) is 0 Å².